The van der Waals surface area contributed by atoms with Crippen LogP contribution in [-0.2, 0) is 9.47 Å². The van der Waals surface area contributed by atoms with Crippen LogP contribution >= 0.6 is 0 Å². The Morgan fingerprint density at radius 3 is 2.71 bits per heavy atom. The maximum Gasteiger partial charge on any atom is 0.161 e. The third kappa shape index (κ3) is 4.88. The second kappa shape index (κ2) is 8.87. The molecule has 0 amide bonds. The fourth-order valence-electron chi connectivity index (χ4n) is 2.32. The van der Waals surface area contributed by atoms with E-state index >= 15 is 0 Å². The van der Waals surface area contributed by atoms with Crippen molar-refractivity contribution in [3.05, 3.63) is 23.8 Å². The van der Waals surface area contributed by atoms with E-state index in [-0.39, 0.29) is 6.04 Å². The lowest BCUT2D eigenvalue weighted by Gasteiger charge is -2.18. The summed E-state index contributed by atoms with van der Waals surface area (Å²) in [5.74, 6) is 1.67. The van der Waals surface area contributed by atoms with Gasteiger partial charge in [0.2, 0.25) is 0 Å². The van der Waals surface area contributed by atoms with Gasteiger partial charge in [-0.3, -0.25) is 0 Å². The lowest BCUT2D eigenvalue weighted by Crippen LogP contribution is -2.19. The molecular weight excluding hydrogens is 270 g/mol. The smallest absolute Gasteiger partial charge is 0.161 e. The summed E-state index contributed by atoms with van der Waals surface area (Å²) in [6.45, 7) is 3.39. The largest absolute Gasteiger partial charge is 0.490 e. The van der Waals surface area contributed by atoms with Gasteiger partial charge in [-0.2, -0.15) is 0 Å². The van der Waals surface area contributed by atoms with Crippen LogP contribution in [0.1, 0.15) is 24.4 Å². The Morgan fingerprint density at radius 2 is 1.95 bits per heavy atom. The average Bonchev–Trinajstić information content (AvgIpc) is 2.75. The Kier molecular flexibility index (Phi) is 6.79. The van der Waals surface area contributed by atoms with Gasteiger partial charge < -0.3 is 24.3 Å². The number of hydrogen-bond donors (Lipinski definition) is 1. The summed E-state index contributed by atoms with van der Waals surface area (Å²) in [5, 5.41) is 3.32. The Bertz CT molecular complexity index is 425. The van der Waals surface area contributed by atoms with E-state index in [9.17, 15) is 0 Å². The van der Waals surface area contributed by atoms with Gasteiger partial charge in [-0.25, -0.2) is 0 Å². The van der Waals surface area contributed by atoms with Crippen molar-refractivity contribution in [3.8, 4) is 11.5 Å². The second-order valence-electron chi connectivity index (χ2n) is 4.99. The molecule has 1 N–H and O–H groups in total. The molecule has 0 aromatic heterocycles. The fraction of sp³-hybridized carbons (Fsp3) is 0.625. The number of rotatable bonds is 8. The summed E-state index contributed by atoms with van der Waals surface area (Å²) in [6.07, 6.45) is 1.83. The maximum atomic E-state index is 5.74. The molecule has 118 valence electrons. The van der Waals surface area contributed by atoms with Crippen molar-refractivity contribution in [2.24, 2.45) is 0 Å². The van der Waals surface area contributed by atoms with E-state index in [1.54, 1.807) is 7.11 Å². The van der Waals surface area contributed by atoms with Crippen molar-refractivity contribution >= 4 is 0 Å². The highest BCUT2D eigenvalue weighted by molar-refractivity contribution is 5.44. The molecule has 1 heterocycles. The minimum atomic E-state index is 0.240. The van der Waals surface area contributed by atoms with Gasteiger partial charge in [-0.05, 0) is 31.2 Å². The summed E-state index contributed by atoms with van der Waals surface area (Å²) >= 11 is 0. The SMILES string of the molecule is CNC(CCOCCOC)c1ccc2c(c1)OCCCO2. The Morgan fingerprint density at radius 1 is 1.14 bits per heavy atom. The van der Waals surface area contributed by atoms with Crippen LogP contribution in [0.5, 0.6) is 11.5 Å². The molecule has 1 aliphatic heterocycles. The summed E-state index contributed by atoms with van der Waals surface area (Å²) in [6, 6.07) is 6.39. The van der Waals surface area contributed by atoms with Gasteiger partial charge in [0.05, 0.1) is 26.4 Å². The average molecular weight is 295 g/mol. The first-order chi connectivity index (χ1) is 10.3. The van der Waals surface area contributed by atoms with Gasteiger partial charge in [0.25, 0.3) is 0 Å². The molecular formula is C16H25NO4. The zero-order chi connectivity index (χ0) is 14.9. The van der Waals surface area contributed by atoms with Crippen LogP contribution in [0.3, 0.4) is 0 Å². The first kappa shape index (κ1) is 16.1. The molecule has 5 heteroatoms. The van der Waals surface area contributed by atoms with E-state index in [1.807, 2.05) is 13.1 Å². The van der Waals surface area contributed by atoms with Crippen LogP contribution in [-0.4, -0.2) is 47.2 Å². The molecule has 21 heavy (non-hydrogen) atoms. The van der Waals surface area contributed by atoms with Crippen LogP contribution in [0.15, 0.2) is 18.2 Å². The predicted molar refractivity (Wildman–Crippen MR) is 81.2 cm³/mol. The van der Waals surface area contributed by atoms with Crippen molar-refractivity contribution in [2.75, 3.05) is 47.2 Å². The zero-order valence-corrected chi connectivity index (χ0v) is 12.9. The number of hydrogen-bond acceptors (Lipinski definition) is 5. The molecule has 0 aliphatic carbocycles. The summed E-state index contributed by atoms with van der Waals surface area (Å²) in [5.41, 5.74) is 1.19. The highest BCUT2D eigenvalue weighted by Crippen LogP contribution is 2.32. The first-order valence-corrected chi connectivity index (χ1v) is 7.48. The lowest BCUT2D eigenvalue weighted by atomic mass is 10.0. The van der Waals surface area contributed by atoms with Crippen LogP contribution < -0.4 is 14.8 Å². The van der Waals surface area contributed by atoms with Crippen LogP contribution in [0.25, 0.3) is 0 Å². The van der Waals surface area contributed by atoms with Crippen LogP contribution in [0.4, 0.5) is 0 Å². The highest BCUT2D eigenvalue weighted by atomic mass is 16.5. The number of benzene rings is 1. The molecule has 1 aromatic carbocycles. The molecule has 2 rings (SSSR count). The molecule has 0 saturated carbocycles. The van der Waals surface area contributed by atoms with Gasteiger partial charge in [0.15, 0.2) is 11.5 Å². The van der Waals surface area contributed by atoms with E-state index in [0.29, 0.717) is 26.4 Å². The van der Waals surface area contributed by atoms with E-state index in [2.05, 4.69) is 17.4 Å². The van der Waals surface area contributed by atoms with Crippen molar-refractivity contribution < 1.29 is 18.9 Å². The molecule has 0 spiro atoms. The molecule has 1 aromatic rings. The van der Waals surface area contributed by atoms with E-state index < -0.39 is 0 Å². The maximum absolute atomic E-state index is 5.74. The van der Waals surface area contributed by atoms with Crippen molar-refractivity contribution in [1.82, 2.24) is 5.32 Å². The van der Waals surface area contributed by atoms with Gasteiger partial charge in [0, 0.05) is 26.2 Å². The van der Waals surface area contributed by atoms with E-state index in [4.69, 9.17) is 18.9 Å². The molecule has 0 radical (unpaired) electrons. The fourth-order valence-corrected chi connectivity index (χ4v) is 2.32. The minimum absolute atomic E-state index is 0.240. The highest BCUT2D eigenvalue weighted by Gasteiger charge is 2.15. The number of nitrogens with one attached hydrogen (secondary N) is 1. The number of fused-ring (bicyclic) bond motifs is 1. The predicted octanol–water partition coefficient (Wildman–Crippen LogP) is 2.16. The van der Waals surface area contributed by atoms with Crippen LogP contribution in [0, 0.1) is 0 Å². The number of ether oxygens (including phenoxy) is 4. The van der Waals surface area contributed by atoms with Crippen molar-refractivity contribution in [2.45, 2.75) is 18.9 Å². The minimum Gasteiger partial charge on any atom is -0.490 e. The van der Waals surface area contributed by atoms with Gasteiger partial charge >= 0.3 is 0 Å². The second-order valence-corrected chi connectivity index (χ2v) is 4.99. The van der Waals surface area contributed by atoms with Crippen molar-refractivity contribution in [3.63, 3.8) is 0 Å². The number of methoxy groups -OCH3 is 1. The Hall–Kier alpha value is -1.30. The standard InChI is InChI=1S/C16H25NO4/c1-17-14(6-9-19-11-10-18-2)13-4-5-15-16(12-13)21-8-3-7-20-15/h4-5,12,14,17H,3,6-11H2,1-2H3. The zero-order valence-electron chi connectivity index (χ0n) is 12.9. The van der Waals surface area contributed by atoms with E-state index in [1.165, 1.54) is 5.56 Å². The van der Waals surface area contributed by atoms with Gasteiger partial charge in [-0.15, -0.1) is 0 Å². The molecule has 1 atom stereocenters. The molecule has 5 nitrogen and oxygen atoms in total. The summed E-state index contributed by atoms with van der Waals surface area (Å²) in [7, 11) is 3.64. The Balaban J connectivity index is 1.93. The van der Waals surface area contributed by atoms with Gasteiger partial charge in [0.1, 0.15) is 0 Å². The first-order valence-electron chi connectivity index (χ1n) is 7.48. The third-order valence-electron chi connectivity index (χ3n) is 3.51. The molecule has 0 fully saturated rings. The summed E-state index contributed by atoms with van der Waals surface area (Å²) < 4.78 is 21.9. The third-order valence-corrected chi connectivity index (χ3v) is 3.51. The quantitative estimate of drug-likeness (QED) is 0.745. The monoisotopic (exact) mass is 295 g/mol. The molecule has 1 unspecified atom stereocenters. The Labute approximate surface area is 126 Å². The normalized spacial score (nSPS) is 15.5. The molecule has 0 saturated heterocycles. The van der Waals surface area contributed by atoms with Crippen LogP contribution in [0.2, 0.25) is 0 Å². The van der Waals surface area contributed by atoms with Crippen molar-refractivity contribution in [1.29, 1.82) is 0 Å². The van der Waals surface area contributed by atoms with E-state index in [0.717, 1.165) is 30.9 Å². The lowest BCUT2D eigenvalue weighted by molar-refractivity contribution is 0.0660. The topological polar surface area (TPSA) is 49.0 Å². The van der Waals surface area contributed by atoms with Gasteiger partial charge in [-0.1, -0.05) is 6.07 Å². The molecule has 1 aliphatic rings. The molecule has 0 bridgehead atoms. The summed E-state index contributed by atoms with van der Waals surface area (Å²) in [4.78, 5) is 0.